The van der Waals surface area contributed by atoms with E-state index < -0.39 is 4.92 Å². The Kier molecular flexibility index (Phi) is 5.97. The first kappa shape index (κ1) is 15.1. The molecule has 0 amide bonds. The van der Waals surface area contributed by atoms with E-state index in [0.717, 1.165) is 0 Å². The minimum Gasteiger partial charge on any atom is -0.872 e. The number of methoxy groups -OCH3 is 1. The van der Waals surface area contributed by atoms with Crippen LogP contribution in [0.25, 0.3) is 0 Å². The molecule has 0 aromatic heterocycles. The van der Waals surface area contributed by atoms with Gasteiger partial charge in [-0.2, -0.15) is 0 Å². The van der Waals surface area contributed by atoms with Crippen LogP contribution in [0.2, 0.25) is 0 Å². The molecule has 0 unspecified atom stereocenters. The molecule has 0 spiro atoms. The van der Waals surface area contributed by atoms with E-state index in [2.05, 4.69) is 10.6 Å². The highest BCUT2D eigenvalue weighted by Crippen LogP contribution is 2.20. The van der Waals surface area contributed by atoms with Crippen molar-refractivity contribution in [2.45, 2.75) is 6.54 Å². The molecule has 0 radical (unpaired) electrons. The summed E-state index contributed by atoms with van der Waals surface area (Å²) in [6.45, 7) is 1.19. The van der Waals surface area contributed by atoms with Gasteiger partial charge in [0.05, 0.1) is 11.5 Å². The molecule has 0 saturated heterocycles. The number of nitro benzene ring substituents is 1. The summed E-state index contributed by atoms with van der Waals surface area (Å²) in [5, 5.41) is 28.2. The van der Waals surface area contributed by atoms with Crippen LogP contribution in [-0.4, -0.2) is 30.3 Å². The number of benzene rings is 1. The number of non-ortho nitro benzene ring substituents is 1. The average molecular weight is 284 g/mol. The number of nitrogens with one attached hydrogen (secondary N) is 2. The minimum absolute atomic E-state index is 0.116. The Hall–Kier alpha value is -1.93. The van der Waals surface area contributed by atoms with Crippen molar-refractivity contribution in [3.63, 3.8) is 0 Å². The normalized spacial score (nSPS) is 9.95. The number of thiocarbonyl (C=S) groups is 1. The van der Waals surface area contributed by atoms with Crippen molar-refractivity contribution < 1.29 is 14.8 Å². The highest BCUT2D eigenvalue weighted by Gasteiger charge is 2.06. The molecule has 104 valence electrons. The molecule has 0 atom stereocenters. The molecule has 0 aliphatic carbocycles. The van der Waals surface area contributed by atoms with Crippen molar-refractivity contribution in [3.8, 4) is 5.75 Å². The standard InChI is InChI=1S/C11H15N3O4S/c1-18-5-4-12-11(19)13-7-8-6-9(14(16)17)2-3-10(8)15/h2-3,6,15H,4-5,7H2,1H3,(H2,12,13,19)/p-1. The molecular formula is C11H14N3O4S-. The van der Waals surface area contributed by atoms with Crippen LogP contribution in [0.3, 0.4) is 0 Å². The first-order chi connectivity index (χ1) is 9.04. The summed E-state index contributed by atoms with van der Waals surface area (Å²) < 4.78 is 4.84. The lowest BCUT2D eigenvalue weighted by Gasteiger charge is -2.15. The lowest BCUT2D eigenvalue weighted by Crippen LogP contribution is -2.36. The lowest BCUT2D eigenvalue weighted by atomic mass is 10.2. The molecule has 0 aliphatic heterocycles. The van der Waals surface area contributed by atoms with E-state index in [9.17, 15) is 15.2 Å². The Labute approximate surface area is 115 Å². The molecule has 0 fully saturated rings. The van der Waals surface area contributed by atoms with Crippen molar-refractivity contribution in [2.24, 2.45) is 0 Å². The first-order valence-electron chi connectivity index (χ1n) is 5.49. The van der Waals surface area contributed by atoms with Gasteiger partial charge in [-0.1, -0.05) is 6.07 Å². The maximum absolute atomic E-state index is 11.5. The predicted molar refractivity (Wildman–Crippen MR) is 71.9 cm³/mol. The number of nitro groups is 1. The average Bonchev–Trinajstić information content (AvgIpc) is 2.37. The summed E-state index contributed by atoms with van der Waals surface area (Å²) in [7, 11) is 1.57. The van der Waals surface area contributed by atoms with Crippen LogP contribution in [0.4, 0.5) is 5.69 Å². The van der Waals surface area contributed by atoms with Gasteiger partial charge in [0, 0.05) is 32.3 Å². The largest absolute Gasteiger partial charge is 0.872 e. The number of hydrogen-bond acceptors (Lipinski definition) is 5. The summed E-state index contributed by atoms with van der Waals surface area (Å²) in [6, 6.07) is 3.60. The van der Waals surface area contributed by atoms with Crippen LogP contribution in [0.1, 0.15) is 5.56 Å². The van der Waals surface area contributed by atoms with Gasteiger partial charge in [0.1, 0.15) is 0 Å². The number of hydrogen-bond donors (Lipinski definition) is 2. The zero-order valence-corrected chi connectivity index (χ0v) is 11.2. The van der Waals surface area contributed by atoms with E-state index in [1.54, 1.807) is 7.11 Å². The van der Waals surface area contributed by atoms with Crippen molar-refractivity contribution >= 4 is 23.0 Å². The third-order valence-corrected chi connectivity index (χ3v) is 2.57. The second kappa shape index (κ2) is 7.49. The smallest absolute Gasteiger partial charge is 0.269 e. The molecule has 0 bridgehead atoms. The Morgan fingerprint density at radius 3 is 2.84 bits per heavy atom. The van der Waals surface area contributed by atoms with Gasteiger partial charge in [-0.15, -0.1) is 5.75 Å². The Balaban J connectivity index is 2.54. The maximum atomic E-state index is 11.5. The second-order valence-electron chi connectivity index (χ2n) is 3.65. The van der Waals surface area contributed by atoms with Gasteiger partial charge in [0.2, 0.25) is 0 Å². The van der Waals surface area contributed by atoms with Crippen molar-refractivity contribution in [2.75, 3.05) is 20.3 Å². The molecule has 0 heterocycles. The third-order valence-electron chi connectivity index (χ3n) is 2.29. The van der Waals surface area contributed by atoms with Gasteiger partial charge >= 0.3 is 0 Å². The van der Waals surface area contributed by atoms with Gasteiger partial charge in [-0.3, -0.25) is 10.1 Å². The Morgan fingerprint density at radius 1 is 1.47 bits per heavy atom. The predicted octanol–water partition coefficient (Wildman–Crippen LogP) is 0.279. The topological polar surface area (TPSA) is 99.5 Å². The van der Waals surface area contributed by atoms with E-state index in [4.69, 9.17) is 17.0 Å². The number of ether oxygens (including phenoxy) is 1. The minimum atomic E-state index is -0.544. The fraction of sp³-hybridized carbons (Fsp3) is 0.364. The van der Waals surface area contributed by atoms with Crippen LogP contribution in [0.5, 0.6) is 5.75 Å². The highest BCUT2D eigenvalue weighted by molar-refractivity contribution is 7.80. The SMILES string of the molecule is COCCNC(=S)NCc1cc([N+](=O)[O-])ccc1[O-]. The quantitative estimate of drug-likeness (QED) is 0.335. The molecule has 8 heteroatoms. The summed E-state index contributed by atoms with van der Waals surface area (Å²) >= 11 is 4.98. The van der Waals surface area contributed by atoms with Crippen LogP contribution in [0.15, 0.2) is 18.2 Å². The molecule has 2 N–H and O–H groups in total. The van der Waals surface area contributed by atoms with E-state index in [-0.39, 0.29) is 18.0 Å². The number of rotatable bonds is 6. The molecule has 7 nitrogen and oxygen atoms in total. The molecule has 19 heavy (non-hydrogen) atoms. The van der Waals surface area contributed by atoms with E-state index >= 15 is 0 Å². The van der Waals surface area contributed by atoms with E-state index in [0.29, 0.717) is 23.8 Å². The van der Waals surface area contributed by atoms with Crippen LogP contribution >= 0.6 is 12.2 Å². The van der Waals surface area contributed by atoms with E-state index in [1.165, 1.54) is 18.2 Å². The molecule has 0 aliphatic rings. The maximum Gasteiger partial charge on any atom is 0.269 e. The zero-order chi connectivity index (χ0) is 14.3. The summed E-state index contributed by atoms with van der Waals surface area (Å²) in [5.41, 5.74) is 0.180. The molecular weight excluding hydrogens is 270 g/mol. The Bertz CT molecular complexity index is 467. The van der Waals surface area contributed by atoms with E-state index in [1.807, 2.05) is 0 Å². The van der Waals surface area contributed by atoms with Gasteiger partial charge in [-0.25, -0.2) is 0 Å². The van der Waals surface area contributed by atoms with Crippen LogP contribution in [-0.2, 0) is 11.3 Å². The summed E-state index contributed by atoms with van der Waals surface area (Å²) in [4.78, 5) is 10.1. The molecule has 1 aromatic carbocycles. The zero-order valence-electron chi connectivity index (χ0n) is 10.3. The summed E-state index contributed by atoms with van der Waals surface area (Å²) in [5.74, 6) is -0.266. The van der Waals surface area contributed by atoms with Gasteiger partial charge in [0.25, 0.3) is 5.69 Å². The fourth-order valence-electron chi connectivity index (χ4n) is 1.32. The third kappa shape index (κ3) is 5.06. The van der Waals surface area contributed by atoms with Crippen LogP contribution < -0.4 is 15.7 Å². The fourth-order valence-corrected chi connectivity index (χ4v) is 1.50. The van der Waals surface area contributed by atoms with Crippen molar-refractivity contribution in [1.82, 2.24) is 10.6 Å². The Morgan fingerprint density at radius 2 is 2.21 bits per heavy atom. The van der Waals surface area contributed by atoms with Gasteiger partial charge in [-0.05, 0) is 17.8 Å². The van der Waals surface area contributed by atoms with Gasteiger partial charge in [0.15, 0.2) is 5.11 Å². The van der Waals surface area contributed by atoms with Gasteiger partial charge < -0.3 is 20.5 Å². The summed E-state index contributed by atoms with van der Waals surface area (Å²) in [6.07, 6.45) is 0. The lowest BCUT2D eigenvalue weighted by molar-refractivity contribution is -0.385. The van der Waals surface area contributed by atoms with Crippen molar-refractivity contribution in [1.29, 1.82) is 0 Å². The number of nitrogens with zero attached hydrogens (tertiary/aromatic N) is 1. The highest BCUT2D eigenvalue weighted by atomic mass is 32.1. The molecule has 1 aromatic rings. The monoisotopic (exact) mass is 284 g/mol. The first-order valence-corrected chi connectivity index (χ1v) is 5.90. The molecule has 1 rings (SSSR count). The van der Waals surface area contributed by atoms with Crippen molar-refractivity contribution in [3.05, 3.63) is 33.9 Å². The molecule has 0 saturated carbocycles. The second-order valence-corrected chi connectivity index (χ2v) is 4.06. The van der Waals surface area contributed by atoms with Crippen LogP contribution in [0, 0.1) is 10.1 Å².